The number of likely N-dealkylation sites (N-methyl/N-ethyl adjacent to an activating group) is 1. The molecule has 0 aliphatic rings. The minimum absolute atomic E-state index is 0.000616. The molecule has 1 aromatic carbocycles. The van der Waals surface area contributed by atoms with E-state index in [1.807, 2.05) is 37.1 Å². The van der Waals surface area contributed by atoms with E-state index in [1.165, 1.54) is 0 Å². The molecule has 106 valence electrons. The molecule has 0 saturated carbocycles. The lowest BCUT2D eigenvalue weighted by Crippen LogP contribution is -2.37. The highest BCUT2D eigenvalue weighted by atomic mass is 16.3. The monoisotopic (exact) mass is 264 g/mol. The SMILES string of the molecule is Cc1ccc(N(C)CC(=O)NCC(C)C)c(CO)c1. The lowest BCUT2D eigenvalue weighted by Gasteiger charge is -2.22. The van der Waals surface area contributed by atoms with Gasteiger partial charge in [0.1, 0.15) is 0 Å². The number of aliphatic hydroxyl groups is 1. The Labute approximate surface area is 115 Å². The van der Waals surface area contributed by atoms with Gasteiger partial charge in [0, 0.05) is 24.8 Å². The summed E-state index contributed by atoms with van der Waals surface area (Å²) in [7, 11) is 1.86. The third-order valence-electron chi connectivity index (χ3n) is 2.90. The molecule has 0 bridgehead atoms. The second-order valence-corrected chi connectivity index (χ2v) is 5.34. The summed E-state index contributed by atoms with van der Waals surface area (Å²) in [5, 5.41) is 12.3. The van der Waals surface area contributed by atoms with Gasteiger partial charge >= 0.3 is 0 Å². The van der Waals surface area contributed by atoms with Crippen LogP contribution in [0.3, 0.4) is 0 Å². The standard InChI is InChI=1S/C15H24N2O2/c1-11(2)8-16-15(19)9-17(4)14-6-5-12(3)7-13(14)10-18/h5-7,11,18H,8-10H2,1-4H3,(H,16,19). The van der Waals surface area contributed by atoms with Crippen molar-refractivity contribution >= 4 is 11.6 Å². The molecule has 0 fully saturated rings. The lowest BCUT2D eigenvalue weighted by molar-refractivity contribution is -0.119. The number of benzene rings is 1. The van der Waals surface area contributed by atoms with Gasteiger partial charge in [0.05, 0.1) is 13.2 Å². The van der Waals surface area contributed by atoms with E-state index in [0.717, 1.165) is 16.8 Å². The highest BCUT2D eigenvalue weighted by Gasteiger charge is 2.11. The largest absolute Gasteiger partial charge is 0.392 e. The Balaban J connectivity index is 2.67. The number of nitrogens with one attached hydrogen (secondary N) is 1. The Morgan fingerprint density at radius 1 is 1.42 bits per heavy atom. The Hall–Kier alpha value is -1.55. The number of rotatable bonds is 6. The summed E-state index contributed by atoms with van der Waals surface area (Å²) < 4.78 is 0. The maximum Gasteiger partial charge on any atom is 0.239 e. The number of hydrogen-bond donors (Lipinski definition) is 2. The van der Waals surface area contributed by atoms with Gasteiger partial charge in [0.2, 0.25) is 5.91 Å². The number of nitrogens with zero attached hydrogens (tertiary/aromatic N) is 1. The molecule has 0 unspecified atom stereocenters. The smallest absolute Gasteiger partial charge is 0.239 e. The predicted molar refractivity (Wildman–Crippen MR) is 78.2 cm³/mol. The first kappa shape index (κ1) is 15.5. The third kappa shape index (κ3) is 4.91. The molecule has 0 heterocycles. The number of aryl methyl sites for hydroxylation is 1. The normalized spacial score (nSPS) is 10.6. The van der Waals surface area contributed by atoms with Crippen LogP contribution >= 0.6 is 0 Å². The van der Waals surface area contributed by atoms with Gasteiger partial charge in [-0.25, -0.2) is 0 Å². The van der Waals surface area contributed by atoms with Gasteiger partial charge in [0.15, 0.2) is 0 Å². The van der Waals surface area contributed by atoms with Gasteiger partial charge in [-0.2, -0.15) is 0 Å². The molecular weight excluding hydrogens is 240 g/mol. The fourth-order valence-electron chi connectivity index (χ4n) is 1.89. The molecule has 1 amide bonds. The van der Waals surface area contributed by atoms with Gasteiger partial charge in [0.25, 0.3) is 0 Å². The highest BCUT2D eigenvalue weighted by Crippen LogP contribution is 2.20. The van der Waals surface area contributed by atoms with Crippen LogP contribution in [-0.4, -0.2) is 31.2 Å². The van der Waals surface area contributed by atoms with E-state index >= 15 is 0 Å². The van der Waals surface area contributed by atoms with Gasteiger partial charge < -0.3 is 15.3 Å². The molecular formula is C15H24N2O2. The molecule has 0 aliphatic heterocycles. The number of carbonyl (C=O) groups is 1. The molecule has 0 radical (unpaired) electrons. The molecule has 4 nitrogen and oxygen atoms in total. The highest BCUT2D eigenvalue weighted by molar-refractivity contribution is 5.81. The van der Waals surface area contributed by atoms with Gasteiger partial charge in [-0.15, -0.1) is 0 Å². The van der Waals surface area contributed by atoms with Crippen LogP contribution in [0.4, 0.5) is 5.69 Å². The van der Waals surface area contributed by atoms with E-state index in [1.54, 1.807) is 0 Å². The minimum atomic E-state index is -0.0189. The summed E-state index contributed by atoms with van der Waals surface area (Å²) >= 11 is 0. The first-order valence-corrected chi connectivity index (χ1v) is 6.62. The van der Waals surface area contributed by atoms with Crippen molar-refractivity contribution in [2.75, 3.05) is 25.0 Å². The number of amides is 1. The average Bonchev–Trinajstić information content (AvgIpc) is 2.35. The molecule has 0 saturated heterocycles. The van der Waals surface area contributed by atoms with E-state index in [-0.39, 0.29) is 12.5 Å². The average molecular weight is 264 g/mol. The van der Waals surface area contributed by atoms with E-state index in [9.17, 15) is 9.90 Å². The fraction of sp³-hybridized carbons (Fsp3) is 0.533. The summed E-state index contributed by atoms with van der Waals surface area (Å²) in [6.45, 7) is 7.07. The number of anilines is 1. The summed E-state index contributed by atoms with van der Waals surface area (Å²) in [6.07, 6.45) is 0. The van der Waals surface area contributed by atoms with Crippen LogP contribution in [0.25, 0.3) is 0 Å². The molecule has 1 rings (SSSR count). The topological polar surface area (TPSA) is 52.6 Å². The fourth-order valence-corrected chi connectivity index (χ4v) is 1.89. The Morgan fingerprint density at radius 2 is 2.11 bits per heavy atom. The molecule has 4 heteroatoms. The zero-order valence-electron chi connectivity index (χ0n) is 12.2. The van der Waals surface area contributed by atoms with Crippen LogP contribution in [-0.2, 0) is 11.4 Å². The summed E-state index contributed by atoms with van der Waals surface area (Å²) in [6, 6.07) is 5.87. The van der Waals surface area contributed by atoms with Gasteiger partial charge in [-0.3, -0.25) is 4.79 Å². The molecule has 1 aromatic rings. The van der Waals surface area contributed by atoms with Gasteiger partial charge in [-0.1, -0.05) is 31.5 Å². The summed E-state index contributed by atoms with van der Waals surface area (Å²) in [5.74, 6) is 0.447. The maximum atomic E-state index is 11.8. The van der Waals surface area contributed by atoms with Crippen LogP contribution in [0.2, 0.25) is 0 Å². The molecule has 0 aliphatic carbocycles. The second-order valence-electron chi connectivity index (χ2n) is 5.34. The van der Waals surface area contributed by atoms with Crippen molar-refractivity contribution in [3.05, 3.63) is 29.3 Å². The van der Waals surface area contributed by atoms with E-state index in [0.29, 0.717) is 19.0 Å². The third-order valence-corrected chi connectivity index (χ3v) is 2.90. The Kier molecular flexibility index (Phi) is 5.83. The van der Waals surface area contributed by atoms with E-state index in [4.69, 9.17) is 0 Å². The van der Waals surface area contributed by atoms with Crippen molar-refractivity contribution in [1.82, 2.24) is 5.32 Å². The second kappa shape index (κ2) is 7.14. The van der Waals surface area contributed by atoms with Crippen LogP contribution in [0.15, 0.2) is 18.2 Å². The van der Waals surface area contributed by atoms with Crippen LogP contribution in [0.5, 0.6) is 0 Å². The van der Waals surface area contributed by atoms with Crippen molar-refractivity contribution in [3.8, 4) is 0 Å². The molecule has 2 N–H and O–H groups in total. The first-order chi connectivity index (χ1) is 8.93. The maximum absolute atomic E-state index is 11.8. The minimum Gasteiger partial charge on any atom is -0.392 e. The van der Waals surface area contributed by atoms with E-state index in [2.05, 4.69) is 19.2 Å². The predicted octanol–water partition coefficient (Wildman–Crippen LogP) is 1.70. The van der Waals surface area contributed by atoms with Crippen LogP contribution < -0.4 is 10.2 Å². The molecule has 19 heavy (non-hydrogen) atoms. The zero-order chi connectivity index (χ0) is 14.4. The van der Waals surface area contributed by atoms with Crippen molar-refractivity contribution in [1.29, 1.82) is 0 Å². The van der Waals surface area contributed by atoms with Gasteiger partial charge in [-0.05, 0) is 18.9 Å². The van der Waals surface area contributed by atoms with Crippen LogP contribution in [0, 0.1) is 12.8 Å². The van der Waals surface area contributed by atoms with Crippen molar-refractivity contribution in [2.45, 2.75) is 27.4 Å². The molecule has 0 aromatic heterocycles. The quantitative estimate of drug-likeness (QED) is 0.822. The Bertz CT molecular complexity index is 430. The number of carbonyl (C=O) groups excluding carboxylic acids is 1. The van der Waals surface area contributed by atoms with Crippen LogP contribution in [0.1, 0.15) is 25.0 Å². The first-order valence-electron chi connectivity index (χ1n) is 6.62. The number of aliphatic hydroxyl groups excluding tert-OH is 1. The summed E-state index contributed by atoms with van der Waals surface area (Å²) in [5.41, 5.74) is 2.84. The van der Waals surface area contributed by atoms with Crippen molar-refractivity contribution < 1.29 is 9.90 Å². The lowest BCUT2D eigenvalue weighted by atomic mass is 10.1. The molecule has 0 atom stereocenters. The van der Waals surface area contributed by atoms with Crippen molar-refractivity contribution in [3.63, 3.8) is 0 Å². The van der Waals surface area contributed by atoms with Crippen molar-refractivity contribution in [2.24, 2.45) is 5.92 Å². The Morgan fingerprint density at radius 3 is 2.68 bits per heavy atom. The summed E-state index contributed by atoms with van der Waals surface area (Å²) in [4.78, 5) is 13.6. The zero-order valence-corrected chi connectivity index (χ0v) is 12.2. The van der Waals surface area contributed by atoms with E-state index < -0.39 is 0 Å². The number of hydrogen-bond acceptors (Lipinski definition) is 3. The molecule has 0 spiro atoms.